The highest BCUT2D eigenvalue weighted by Gasteiger charge is 2.43. The fourth-order valence-electron chi connectivity index (χ4n) is 3.69. The topological polar surface area (TPSA) is 90.2 Å². The van der Waals surface area contributed by atoms with E-state index in [1.54, 1.807) is 0 Å². The molecule has 2 aliphatic rings. The fourth-order valence-corrected chi connectivity index (χ4v) is 4.72. The first-order valence-electron chi connectivity index (χ1n) is 8.49. The molecule has 27 heavy (non-hydrogen) atoms. The molecule has 0 saturated heterocycles. The average Bonchev–Trinajstić information content (AvgIpc) is 2.58. The normalized spacial score (nSPS) is 21.4. The van der Waals surface area contributed by atoms with Gasteiger partial charge in [0.2, 0.25) is 0 Å². The monoisotopic (exact) mass is 446 g/mol. The standard InChI is InChI=1S/C20H19BrN2O3S/c1-20(2)9-13-16(14(24)10-20)15(11-3-5-12(21)6-4-11)17(19(25)26)18(23-13)27-8-7-22/h3-6,15,23H,8-10H2,1-2H3,(H,25,26). The molecule has 0 saturated carbocycles. The summed E-state index contributed by atoms with van der Waals surface area (Å²) in [5.41, 5.74) is 2.00. The molecule has 0 spiro atoms. The molecule has 1 aromatic carbocycles. The number of Topliss-reactive ketones (excluding diaryl/α,β-unsaturated/α-hetero) is 1. The summed E-state index contributed by atoms with van der Waals surface area (Å²) in [5.74, 6) is -1.62. The van der Waals surface area contributed by atoms with Gasteiger partial charge >= 0.3 is 5.97 Å². The number of carboxylic acid groups (broad SMARTS) is 1. The summed E-state index contributed by atoms with van der Waals surface area (Å²) in [6.45, 7) is 4.06. The number of ketones is 1. The van der Waals surface area contributed by atoms with Crippen LogP contribution < -0.4 is 5.32 Å². The molecule has 0 radical (unpaired) electrons. The number of benzene rings is 1. The Morgan fingerprint density at radius 3 is 2.63 bits per heavy atom. The van der Waals surface area contributed by atoms with E-state index >= 15 is 0 Å². The number of hydrogen-bond donors (Lipinski definition) is 2. The van der Waals surface area contributed by atoms with E-state index in [9.17, 15) is 14.7 Å². The zero-order chi connectivity index (χ0) is 19.8. The van der Waals surface area contributed by atoms with Gasteiger partial charge in [0.15, 0.2) is 5.78 Å². The maximum absolute atomic E-state index is 13.0. The third-order valence-corrected chi connectivity index (χ3v) is 6.13. The summed E-state index contributed by atoms with van der Waals surface area (Å²) in [5, 5.41) is 22.5. The molecule has 140 valence electrons. The minimum absolute atomic E-state index is 0.0234. The molecule has 5 nitrogen and oxygen atoms in total. The summed E-state index contributed by atoms with van der Waals surface area (Å²) in [7, 11) is 0. The Bertz CT molecular complexity index is 910. The lowest BCUT2D eigenvalue weighted by molar-refractivity contribution is -0.133. The Balaban J connectivity index is 2.20. The van der Waals surface area contributed by atoms with E-state index in [-0.39, 0.29) is 22.5 Å². The predicted molar refractivity (Wildman–Crippen MR) is 108 cm³/mol. The van der Waals surface area contributed by atoms with Crippen LogP contribution >= 0.6 is 27.7 Å². The number of hydrogen-bond acceptors (Lipinski definition) is 5. The maximum atomic E-state index is 13.0. The van der Waals surface area contributed by atoms with Crippen molar-refractivity contribution in [2.24, 2.45) is 5.41 Å². The van der Waals surface area contributed by atoms with Crippen molar-refractivity contribution in [3.8, 4) is 6.07 Å². The van der Waals surface area contributed by atoms with Gasteiger partial charge in [0, 0.05) is 28.1 Å². The van der Waals surface area contributed by atoms with E-state index in [0.29, 0.717) is 23.4 Å². The Morgan fingerprint density at radius 2 is 2.04 bits per heavy atom. The van der Waals surface area contributed by atoms with E-state index in [0.717, 1.165) is 27.5 Å². The van der Waals surface area contributed by atoms with E-state index < -0.39 is 11.9 Å². The van der Waals surface area contributed by atoms with Gasteiger partial charge in [0.05, 0.1) is 22.4 Å². The van der Waals surface area contributed by atoms with Crippen molar-refractivity contribution >= 4 is 39.4 Å². The maximum Gasteiger partial charge on any atom is 0.335 e. The van der Waals surface area contributed by atoms with E-state index in [1.165, 1.54) is 0 Å². The van der Waals surface area contributed by atoms with Crippen molar-refractivity contribution in [2.45, 2.75) is 32.6 Å². The second-order valence-corrected chi connectivity index (χ2v) is 9.34. The molecule has 2 N–H and O–H groups in total. The highest BCUT2D eigenvalue weighted by Crippen LogP contribution is 2.48. The molecule has 1 heterocycles. The van der Waals surface area contributed by atoms with Gasteiger partial charge in [-0.15, -0.1) is 0 Å². The molecule has 1 unspecified atom stereocenters. The van der Waals surface area contributed by atoms with E-state index in [4.69, 9.17) is 5.26 Å². The number of dihydropyridines is 1. The van der Waals surface area contributed by atoms with E-state index in [1.807, 2.05) is 44.2 Å². The van der Waals surface area contributed by atoms with Crippen molar-refractivity contribution < 1.29 is 14.7 Å². The van der Waals surface area contributed by atoms with Crippen molar-refractivity contribution in [3.05, 3.63) is 56.2 Å². The van der Waals surface area contributed by atoms with Gasteiger partial charge in [-0.2, -0.15) is 5.26 Å². The SMILES string of the molecule is CC1(C)CC(=O)C2=C(C1)NC(SCC#N)=C(C(=O)O)C2c1ccc(Br)cc1. The molecule has 0 amide bonds. The van der Waals surface area contributed by atoms with Crippen LogP contribution in [0.2, 0.25) is 0 Å². The van der Waals surface area contributed by atoms with Crippen LogP contribution in [0.3, 0.4) is 0 Å². The summed E-state index contributed by atoms with van der Waals surface area (Å²) >= 11 is 4.56. The molecule has 1 aliphatic carbocycles. The smallest absolute Gasteiger partial charge is 0.335 e. The fraction of sp³-hybridized carbons (Fsp3) is 0.350. The van der Waals surface area contributed by atoms with Crippen molar-refractivity contribution in [1.82, 2.24) is 5.32 Å². The number of nitrogens with zero attached hydrogens (tertiary/aromatic N) is 1. The molecule has 3 rings (SSSR count). The molecule has 0 fully saturated rings. The molecule has 1 atom stereocenters. The van der Waals surface area contributed by atoms with Gasteiger partial charge in [0.1, 0.15) is 0 Å². The minimum Gasteiger partial charge on any atom is -0.478 e. The third kappa shape index (κ3) is 3.97. The van der Waals surface area contributed by atoms with Crippen molar-refractivity contribution in [3.63, 3.8) is 0 Å². The second-order valence-electron chi connectivity index (χ2n) is 7.44. The average molecular weight is 447 g/mol. The molecule has 0 bridgehead atoms. The molecule has 7 heteroatoms. The number of carbonyl (C=O) groups excluding carboxylic acids is 1. The largest absolute Gasteiger partial charge is 0.478 e. The second kappa shape index (κ2) is 7.53. The Hall–Kier alpha value is -2.04. The van der Waals surface area contributed by atoms with Gasteiger partial charge in [-0.05, 0) is 29.5 Å². The predicted octanol–water partition coefficient (Wildman–Crippen LogP) is 4.33. The number of carbonyl (C=O) groups is 2. The van der Waals surface area contributed by atoms with Gasteiger partial charge in [-0.25, -0.2) is 4.79 Å². The molecular weight excluding hydrogens is 428 g/mol. The molecular formula is C20H19BrN2O3S. The summed E-state index contributed by atoms with van der Waals surface area (Å²) < 4.78 is 0.880. The number of nitrogens with one attached hydrogen (secondary N) is 1. The van der Waals surface area contributed by atoms with Gasteiger partial charge in [-0.3, -0.25) is 4.79 Å². The van der Waals surface area contributed by atoms with Crippen molar-refractivity contribution in [2.75, 3.05) is 5.75 Å². The highest BCUT2D eigenvalue weighted by molar-refractivity contribution is 9.10. The number of halogens is 1. The van der Waals surface area contributed by atoms with Crippen LogP contribution in [-0.2, 0) is 9.59 Å². The summed E-state index contributed by atoms with van der Waals surface area (Å²) in [6.07, 6.45) is 1.04. The highest BCUT2D eigenvalue weighted by atomic mass is 79.9. The van der Waals surface area contributed by atoms with Crippen LogP contribution in [0, 0.1) is 16.7 Å². The summed E-state index contributed by atoms with van der Waals surface area (Å²) in [6, 6.07) is 9.41. The number of allylic oxidation sites excluding steroid dienone is 2. The zero-order valence-electron chi connectivity index (χ0n) is 15.0. The van der Waals surface area contributed by atoms with Crippen LogP contribution in [0.15, 0.2) is 50.6 Å². The van der Waals surface area contributed by atoms with Crippen molar-refractivity contribution in [1.29, 1.82) is 5.26 Å². The van der Waals surface area contributed by atoms with E-state index in [2.05, 4.69) is 21.2 Å². The number of thioether (sulfide) groups is 1. The first-order valence-corrected chi connectivity index (χ1v) is 10.3. The molecule has 1 aliphatic heterocycles. The van der Waals surface area contributed by atoms with Gasteiger partial charge in [-0.1, -0.05) is 53.7 Å². The molecule has 0 aromatic heterocycles. The van der Waals surface area contributed by atoms with Crippen LogP contribution in [0.5, 0.6) is 0 Å². The quantitative estimate of drug-likeness (QED) is 0.714. The Labute approximate surface area is 170 Å². The Kier molecular flexibility index (Phi) is 5.50. The van der Waals surface area contributed by atoms with Crippen LogP contribution in [-0.4, -0.2) is 22.6 Å². The third-order valence-electron chi connectivity index (χ3n) is 4.72. The summed E-state index contributed by atoms with van der Waals surface area (Å²) in [4.78, 5) is 25.2. The number of carboxylic acids is 1. The molecule has 1 aromatic rings. The van der Waals surface area contributed by atoms with Gasteiger partial charge in [0.25, 0.3) is 0 Å². The lowest BCUT2D eigenvalue weighted by Crippen LogP contribution is -2.38. The zero-order valence-corrected chi connectivity index (χ0v) is 17.4. The number of nitriles is 1. The van der Waals surface area contributed by atoms with Crippen LogP contribution in [0.1, 0.15) is 38.2 Å². The first-order chi connectivity index (χ1) is 12.7. The van der Waals surface area contributed by atoms with Crippen LogP contribution in [0.4, 0.5) is 0 Å². The first kappa shape index (κ1) is 19.7. The minimum atomic E-state index is -1.08. The Morgan fingerprint density at radius 1 is 1.37 bits per heavy atom. The number of aliphatic carboxylic acids is 1. The lowest BCUT2D eigenvalue weighted by atomic mass is 9.69. The lowest BCUT2D eigenvalue weighted by Gasteiger charge is -2.39. The van der Waals surface area contributed by atoms with Gasteiger partial charge < -0.3 is 10.4 Å². The van der Waals surface area contributed by atoms with Crippen LogP contribution in [0.25, 0.3) is 0 Å². The number of rotatable bonds is 4.